The van der Waals surface area contributed by atoms with Crippen LogP contribution in [0.4, 0.5) is 5.69 Å². The molecule has 3 heteroatoms. The van der Waals surface area contributed by atoms with E-state index < -0.39 is 0 Å². The first-order valence-corrected chi connectivity index (χ1v) is 6.64. The summed E-state index contributed by atoms with van der Waals surface area (Å²) in [6.45, 7) is 6.11. The zero-order valence-corrected chi connectivity index (χ0v) is 11.8. The van der Waals surface area contributed by atoms with Crippen molar-refractivity contribution in [1.82, 2.24) is 4.57 Å². The van der Waals surface area contributed by atoms with Gasteiger partial charge in [-0.25, -0.2) is 0 Å². The predicted molar refractivity (Wildman–Crippen MR) is 76.3 cm³/mol. The summed E-state index contributed by atoms with van der Waals surface area (Å²) in [4.78, 5) is 0. The van der Waals surface area contributed by atoms with Gasteiger partial charge in [-0.3, -0.25) is 0 Å². The van der Waals surface area contributed by atoms with Gasteiger partial charge in [0.1, 0.15) is 0 Å². The van der Waals surface area contributed by atoms with Crippen LogP contribution < -0.4 is 5.32 Å². The van der Waals surface area contributed by atoms with Crippen molar-refractivity contribution in [2.24, 2.45) is 0 Å². The standard InChI is InChI=1S/C14H17BrN2/c1-3-17-8-4-5-12(17)10-16-14-7-6-11(2)9-13(14)15/h4-9,16H,3,10H2,1-2H3. The van der Waals surface area contributed by atoms with Gasteiger partial charge >= 0.3 is 0 Å². The van der Waals surface area contributed by atoms with Gasteiger partial charge in [0.05, 0.1) is 6.54 Å². The number of rotatable bonds is 4. The lowest BCUT2D eigenvalue weighted by atomic mass is 10.2. The summed E-state index contributed by atoms with van der Waals surface area (Å²) in [5, 5.41) is 3.45. The van der Waals surface area contributed by atoms with Crippen LogP contribution in [0.15, 0.2) is 41.0 Å². The Hall–Kier alpha value is -1.22. The van der Waals surface area contributed by atoms with E-state index >= 15 is 0 Å². The second-order valence-electron chi connectivity index (χ2n) is 4.12. The van der Waals surface area contributed by atoms with E-state index in [1.54, 1.807) is 0 Å². The lowest BCUT2D eigenvalue weighted by Gasteiger charge is -2.11. The topological polar surface area (TPSA) is 17.0 Å². The molecular formula is C14H17BrN2. The number of nitrogens with one attached hydrogen (secondary N) is 1. The minimum Gasteiger partial charge on any atom is -0.379 e. The molecule has 0 unspecified atom stereocenters. The van der Waals surface area contributed by atoms with E-state index in [-0.39, 0.29) is 0 Å². The number of aryl methyl sites for hydroxylation is 2. The fourth-order valence-electron chi connectivity index (χ4n) is 1.87. The summed E-state index contributed by atoms with van der Waals surface area (Å²) >= 11 is 3.58. The average molecular weight is 293 g/mol. The van der Waals surface area contributed by atoms with E-state index in [1.165, 1.54) is 11.3 Å². The van der Waals surface area contributed by atoms with Crippen LogP contribution in [0.2, 0.25) is 0 Å². The smallest absolute Gasteiger partial charge is 0.0553 e. The minimum atomic E-state index is 0.850. The molecule has 0 atom stereocenters. The second-order valence-corrected chi connectivity index (χ2v) is 4.98. The van der Waals surface area contributed by atoms with Gasteiger partial charge in [-0.15, -0.1) is 0 Å². The molecule has 0 saturated heterocycles. The van der Waals surface area contributed by atoms with Crippen LogP contribution >= 0.6 is 15.9 Å². The van der Waals surface area contributed by atoms with Crippen molar-refractivity contribution in [1.29, 1.82) is 0 Å². The molecule has 0 aliphatic carbocycles. The SMILES string of the molecule is CCn1cccc1CNc1ccc(C)cc1Br. The van der Waals surface area contributed by atoms with Crippen LogP contribution in [0.3, 0.4) is 0 Å². The lowest BCUT2D eigenvalue weighted by molar-refractivity contribution is 0.724. The van der Waals surface area contributed by atoms with Crippen LogP contribution in [0.1, 0.15) is 18.2 Å². The molecule has 0 saturated carbocycles. The zero-order valence-electron chi connectivity index (χ0n) is 10.2. The summed E-state index contributed by atoms with van der Waals surface area (Å²) in [6.07, 6.45) is 2.11. The maximum Gasteiger partial charge on any atom is 0.0553 e. The Bertz CT molecular complexity index is 503. The normalized spacial score (nSPS) is 10.5. The number of anilines is 1. The third kappa shape index (κ3) is 2.91. The molecule has 0 aliphatic rings. The van der Waals surface area contributed by atoms with Crippen molar-refractivity contribution in [3.63, 3.8) is 0 Å². The molecule has 2 nitrogen and oxygen atoms in total. The van der Waals surface area contributed by atoms with E-state index in [2.05, 4.69) is 76.2 Å². The molecule has 2 rings (SSSR count). The molecular weight excluding hydrogens is 276 g/mol. The Kier molecular flexibility index (Phi) is 3.89. The van der Waals surface area contributed by atoms with Crippen molar-refractivity contribution >= 4 is 21.6 Å². The number of hydrogen-bond donors (Lipinski definition) is 1. The fourth-order valence-corrected chi connectivity index (χ4v) is 2.50. The lowest BCUT2D eigenvalue weighted by Crippen LogP contribution is -2.06. The number of aromatic nitrogens is 1. The molecule has 1 aromatic heterocycles. The maximum atomic E-state index is 3.58. The van der Waals surface area contributed by atoms with Gasteiger partial charge in [0.2, 0.25) is 0 Å². The maximum absolute atomic E-state index is 3.58. The monoisotopic (exact) mass is 292 g/mol. The van der Waals surface area contributed by atoms with Crippen molar-refractivity contribution in [2.75, 3.05) is 5.32 Å². The molecule has 17 heavy (non-hydrogen) atoms. The second kappa shape index (κ2) is 5.41. The van der Waals surface area contributed by atoms with Gasteiger partial charge in [-0.2, -0.15) is 0 Å². The minimum absolute atomic E-state index is 0.850. The van der Waals surface area contributed by atoms with Crippen molar-refractivity contribution in [3.05, 3.63) is 52.3 Å². The molecule has 0 radical (unpaired) electrons. The van der Waals surface area contributed by atoms with Crippen LogP contribution in [-0.4, -0.2) is 4.57 Å². The molecule has 0 fully saturated rings. The molecule has 90 valence electrons. The van der Waals surface area contributed by atoms with E-state index in [0.29, 0.717) is 0 Å². The highest BCUT2D eigenvalue weighted by Crippen LogP contribution is 2.23. The van der Waals surface area contributed by atoms with E-state index in [4.69, 9.17) is 0 Å². The Morgan fingerprint density at radius 1 is 1.29 bits per heavy atom. The van der Waals surface area contributed by atoms with Crippen molar-refractivity contribution in [3.8, 4) is 0 Å². The molecule has 1 N–H and O–H groups in total. The third-order valence-corrected chi connectivity index (χ3v) is 3.50. The molecule has 1 heterocycles. The van der Waals surface area contributed by atoms with Gasteiger partial charge in [-0.1, -0.05) is 6.07 Å². The van der Waals surface area contributed by atoms with Crippen LogP contribution in [0.5, 0.6) is 0 Å². The van der Waals surface area contributed by atoms with Gasteiger partial charge in [0.25, 0.3) is 0 Å². The third-order valence-electron chi connectivity index (χ3n) is 2.85. The Balaban J connectivity index is 2.07. The molecule has 1 aromatic carbocycles. The largest absolute Gasteiger partial charge is 0.379 e. The van der Waals surface area contributed by atoms with Crippen LogP contribution in [0, 0.1) is 6.92 Å². The predicted octanol–water partition coefficient (Wildman–Crippen LogP) is 4.19. The first-order valence-electron chi connectivity index (χ1n) is 5.84. The number of hydrogen-bond acceptors (Lipinski definition) is 1. The molecule has 2 aromatic rings. The summed E-state index contributed by atoms with van der Waals surface area (Å²) in [5.74, 6) is 0. The first kappa shape index (κ1) is 12.2. The first-order chi connectivity index (χ1) is 8.20. The molecule has 0 amide bonds. The quantitative estimate of drug-likeness (QED) is 0.894. The van der Waals surface area contributed by atoms with Crippen LogP contribution in [0.25, 0.3) is 0 Å². The van der Waals surface area contributed by atoms with Crippen LogP contribution in [-0.2, 0) is 13.1 Å². The summed E-state index contributed by atoms with van der Waals surface area (Å²) in [7, 11) is 0. The molecule has 0 bridgehead atoms. The average Bonchev–Trinajstić information content (AvgIpc) is 2.75. The fraction of sp³-hybridized carbons (Fsp3) is 0.286. The van der Waals surface area contributed by atoms with Gasteiger partial charge in [0, 0.05) is 28.6 Å². The Morgan fingerprint density at radius 2 is 2.12 bits per heavy atom. The number of nitrogens with zero attached hydrogens (tertiary/aromatic N) is 1. The highest BCUT2D eigenvalue weighted by atomic mass is 79.9. The van der Waals surface area contributed by atoms with Crippen molar-refractivity contribution in [2.45, 2.75) is 26.9 Å². The van der Waals surface area contributed by atoms with Gasteiger partial charge < -0.3 is 9.88 Å². The van der Waals surface area contributed by atoms with E-state index in [0.717, 1.165) is 23.2 Å². The summed E-state index contributed by atoms with van der Waals surface area (Å²) < 4.78 is 3.36. The Labute approximate surface area is 111 Å². The summed E-state index contributed by atoms with van der Waals surface area (Å²) in [5.41, 5.74) is 3.71. The number of halogens is 1. The van der Waals surface area contributed by atoms with Gasteiger partial charge in [0.15, 0.2) is 0 Å². The summed E-state index contributed by atoms with van der Waals surface area (Å²) in [6, 6.07) is 10.6. The Morgan fingerprint density at radius 3 is 2.82 bits per heavy atom. The van der Waals surface area contributed by atoms with E-state index in [9.17, 15) is 0 Å². The van der Waals surface area contributed by atoms with Crippen molar-refractivity contribution < 1.29 is 0 Å². The van der Waals surface area contributed by atoms with Gasteiger partial charge in [-0.05, 0) is 59.6 Å². The highest BCUT2D eigenvalue weighted by Gasteiger charge is 2.02. The number of benzene rings is 1. The zero-order chi connectivity index (χ0) is 12.3. The highest BCUT2D eigenvalue weighted by molar-refractivity contribution is 9.10. The van der Waals surface area contributed by atoms with E-state index in [1.807, 2.05) is 0 Å². The molecule has 0 spiro atoms. The molecule has 0 aliphatic heterocycles.